The number of halogens is 1. The van der Waals surface area contributed by atoms with Crippen molar-refractivity contribution in [1.29, 1.82) is 0 Å². The van der Waals surface area contributed by atoms with E-state index in [9.17, 15) is 8.42 Å². The zero-order valence-corrected chi connectivity index (χ0v) is 12.8. The topological polar surface area (TPSA) is 95.4 Å². The fraction of sp³-hybridized carbons (Fsp3) is 0.0769. The van der Waals surface area contributed by atoms with Gasteiger partial charge >= 0.3 is 0 Å². The van der Waals surface area contributed by atoms with Crippen LogP contribution >= 0.6 is 15.9 Å². The van der Waals surface area contributed by atoms with E-state index in [1.807, 2.05) is 24.3 Å². The molecule has 0 amide bonds. The minimum Gasteiger partial charge on any atom is -0.487 e. The highest BCUT2D eigenvalue weighted by Crippen LogP contribution is 2.25. The van der Waals surface area contributed by atoms with Gasteiger partial charge in [-0.15, -0.1) is 0 Å². The number of hydrogen-bond acceptors (Lipinski definition) is 4. The Labute approximate surface area is 125 Å². The molecule has 0 aliphatic rings. The first-order chi connectivity index (χ1) is 9.36. The number of rotatable bonds is 4. The third-order valence-electron chi connectivity index (χ3n) is 2.62. The molecule has 0 radical (unpaired) electrons. The molecule has 5 nitrogen and oxygen atoms in total. The van der Waals surface area contributed by atoms with Crippen LogP contribution in [0.15, 0.2) is 51.8 Å². The van der Waals surface area contributed by atoms with Crippen LogP contribution in [0.2, 0.25) is 0 Å². The molecule has 0 aliphatic heterocycles. The van der Waals surface area contributed by atoms with E-state index in [1.165, 1.54) is 18.2 Å². The number of primary sulfonamides is 1. The molecule has 2 aromatic rings. The molecule has 4 N–H and O–H groups in total. The summed E-state index contributed by atoms with van der Waals surface area (Å²) in [6.07, 6.45) is 0. The highest BCUT2D eigenvalue weighted by Gasteiger charge is 2.11. The smallest absolute Gasteiger partial charge is 0.238 e. The average molecular weight is 357 g/mol. The van der Waals surface area contributed by atoms with Crippen LogP contribution in [-0.4, -0.2) is 8.42 Å². The lowest BCUT2D eigenvalue weighted by atomic mass is 10.2. The molecular formula is C13H13BrN2O3S. The quantitative estimate of drug-likeness (QED) is 0.821. The molecule has 0 aromatic heterocycles. The SMILES string of the molecule is Nc1ccc(S(N)(=O)=O)cc1OCc1ccc(Br)cc1. The molecule has 0 bridgehead atoms. The molecule has 0 saturated carbocycles. The number of nitrogen functional groups attached to an aromatic ring is 1. The van der Waals surface area contributed by atoms with Crippen molar-refractivity contribution < 1.29 is 13.2 Å². The molecule has 2 aromatic carbocycles. The molecule has 20 heavy (non-hydrogen) atoms. The van der Waals surface area contributed by atoms with Crippen molar-refractivity contribution in [3.63, 3.8) is 0 Å². The second-order valence-electron chi connectivity index (χ2n) is 4.16. The first-order valence-corrected chi connectivity index (χ1v) is 8.00. The highest BCUT2D eigenvalue weighted by atomic mass is 79.9. The summed E-state index contributed by atoms with van der Waals surface area (Å²) < 4.78 is 29.1. The van der Waals surface area contributed by atoms with E-state index in [-0.39, 0.29) is 11.5 Å². The highest BCUT2D eigenvalue weighted by molar-refractivity contribution is 9.10. The maximum absolute atomic E-state index is 11.3. The summed E-state index contributed by atoms with van der Waals surface area (Å²) in [5.41, 5.74) is 7.05. The van der Waals surface area contributed by atoms with Gasteiger partial charge in [0.15, 0.2) is 0 Å². The Morgan fingerprint density at radius 2 is 1.75 bits per heavy atom. The minimum absolute atomic E-state index is 0.0301. The number of nitrogens with two attached hydrogens (primary N) is 2. The molecular weight excluding hydrogens is 344 g/mol. The molecule has 0 saturated heterocycles. The third-order valence-corrected chi connectivity index (χ3v) is 4.06. The van der Waals surface area contributed by atoms with Crippen LogP contribution in [0.25, 0.3) is 0 Å². The van der Waals surface area contributed by atoms with Gasteiger partial charge in [0.25, 0.3) is 0 Å². The molecule has 2 rings (SSSR count). The summed E-state index contributed by atoms with van der Waals surface area (Å²) in [6.45, 7) is 0.283. The van der Waals surface area contributed by atoms with Crippen molar-refractivity contribution in [3.8, 4) is 5.75 Å². The van der Waals surface area contributed by atoms with Gasteiger partial charge < -0.3 is 10.5 Å². The molecule has 7 heteroatoms. The Kier molecular flexibility index (Phi) is 4.32. The van der Waals surface area contributed by atoms with Crippen LogP contribution < -0.4 is 15.6 Å². The largest absolute Gasteiger partial charge is 0.487 e. The van der Waals surface area contributed by atoms with Gasteiger partial charge in [-0.2, -0.15) is 0 Å². The molecule has 0 atom stereocenters. The van der Waals surface area contributed by atoms with E-state index in [4.69, 9.17) is 15.6 Å². The first kappa shape index (κ1) is 14.8. The van der Waals surface area contributed by atoms with Gasteiger partial charge in [-0.1, -0.05) is 28.1 Å². The summed E-state index contributed by atoms with van der Waals surface area (Å²) in [5.74, 6) is 0.291. The predicted octanol–water partition coefficient (Wildman–Crippen LogP) is 2.26. The van der Waals surface area contributed by atoms with Crippen LogP contribution in [0, 0.1) is 0 Å². The van der Waals surface area contributed by atoms with Gasteiger partial charge in [0.05, 0.1) is 10.6 Å². The van der Waals surface area contributed by atoms with E-state index in [2.05, 4.69) is 15.9 Å². The number of sulfonamides is 1. The van der Waals surface area contributed by atoms with Gasteiger partial charge in [-0.25, -0.2) is 13.6 Å². The zero-order valence-electron chi connectivity index (χ0n) is 10.4. The first-order valence-electron chi connectivity index (χ1n) is 5.66. The second-order valence-corrected chi connectivity index (χ2v) is 6.64. The van der Waals surface area contributed by atoms with Crippen molar-refractivity contribution in [2.24, 2.45) is 5.14 Å². The van der Waals surface area contributed by atoms with Crippen molar-refractivity contribution in [2.45, 2.75) is 11.5 Å². The van der Waals surface area contributed by atoms with Gasteiger partial charge in [0, 0.05) is 10.5 Å². The molecule has 0 spiro atoms. The average Bonchev–Trinajstić information content (AvgIpc) is 2.38. The van der Waals surface area contributed by atoms with Crippen molar-refractivity contribution in [3.05, 3.63) is 52.5 Å². The lowest BCUT2D eigenvalue weighted by molar-refractivity contribution is 0.307. The van der Waals surface area contributed by atoms with E-state index in [0.717, 1.165) is 10.0 Å². The fourth-order valence-corrected chi connectivity index (χ4v) is 2.35. The fourth-order valence-electron chi connectivity index (χ4n) is 1.56. The lowest BCUT2D eigenvalue weighted by Gasteiger charge is -2.10. The molecule has 0 fully saturated rings. The van der Waals surface area contributed by atoms with Crippen molar-refractivity contribution in [2.75, 3.05) is 5.73 Å². The number of ether oxygens (including phenoxy) is 1. The maximum atomic E-state index is 11.3. The van der Waals surface area contributed by atoms with Gasteiger partial charge in [0.1, 0.15) is 12.4 Å². The van der Waals surface area contributed by atoms with Crippen LogP contribution in [0.5, 0.6) is 5.75 Å². The number of anilines is 1. The Morgan fingerprint density at radius 1 is 1.10 bits per heavy atom. The van der Waals surface area contributed by atoms with E-state index < -0.39 is 10.0 Å². The summed E-state index contributed by atoms with van der Waals surface area (Å²) in [5, 5.41) is 5.07. The summed E-state index contributed by atoms with van der Waals surface area (Å²) >= 11 is 3.34. The second kappa shape index (κ2) is 5.82. The normalized spacial score (nSPS) is 11.3. The minimum atomic E-state index is -3.77. The van der Waals surface area contributed by atoms with Gasteiger partial charge in [-0.3, -0.25) is 0 Å². The Balaban J connectivity index is 2.19. The number of benzene rings is 2. The van der Waals surface area contributed by atoms with E-state index >= 15 is 0 Å². The van der Waals surface area contributed by atoms with Gasteiger partial charge in [-0.05, 0) is 29.8 Å². The number of hydrogen-bond donors (Lipinski definition) is 2. The Hall–Kier alpha value is -1.57. The lowest BCUT2D eigenvalue weighted by Crippen LogP contribution is -2.12. The Morgan fingerprint density at radius 3 is 2.35 bits per heavy atom. The maximum Gasteiger partial charge on any atom is 0.238 e. The predicted molar refractivity (Wildman–Crippen MR) is 80.7 cm³/mol. The zero-order chi connectivity index (χ0) is 14.8. The van der Waals surface area contributed by atoms with Crippen LogP contribution in [0.4, 0.5) is 5.69 Å². The van der Waals surface area contributed by atoms with Crippen LogP contribution in [0.3, 0.4) is 0 Å². The molecule has 0 heterocycles. The van der Waals surface area contributed by atoms with Crippen molar-refractivity contribution in [1.82, 2.24) is 0 Å². The molecule has 0 unspecified atom stereocenters. The van der Waals surface area contributed by atoms with Crippen molar-refractivity contribution >= 4 is 31.6 Å². The molecule has 106 valence electrons. The Bertz CT molecular complexity index is 715. The summed E-state index contributed by atoms with van der Waals surface area (Å²) in [6, 6.07) is 11.7. The van der Waals surface area contributed by atoms with E-state index in [1.54, 1.807) is 0 Å². The molecule has 0 aliphatic carbocycles. The standard InChI is InChI=1S/C13H13BrN2O3S/c14-10-3-1-9(2-4-10)8-19-13-7-11(20(16,17)18)5-6-12(13)15/h1-7H,8,15H2,(H2,16,17,18). The van der Waals surface area contributed by atoms with Gasteiger partial charge in [0.2, 0.25) is 10.0 Å². The summed E-state index contributed by atoms with van der Waals surface area (Å²) in [4.78, 5) is -0.0301. The summed E-state index contributed by atoms with van der Waals surface area (Å²) in [7, 11) is -3.77. The third kappa shape index (κ3) is 3.72. The monoisotopic (exact) mass is 356 g/mol. The van der Waals surface area contributed by atoms with E-state index in [0.29, 0.717) is 11.4 Å². The van der Waals surface area contributed by atoms with Crippen LogP contribution in [0.1, 0.15) is 5.56 Å². The van der Waals surface area contributed by atoms with Crippen LogP contribution in [-0.2, 0) is 16.6 Å².